The highest BCUT2D eigenvalue weighted by molar-refractivity contribution is 7.15. The number of hydrogen-bond donors (Lipinski definition) is 2. The van der Waals surface area contributed by atoms with Crippen molar-refractivity contribution in [3.63, 3.8) is 0 Å². The van der Waals surface area contributed by atoms with Gasteiger partial charge in [-0.05, 0) is 36.4 Å². The number of thiazole rings is 1. The lowest BCUT2D eigenvalue weighted by Gasteiger charge is -2.04. The maximum atomic E-state index is 12.3. The van der Waals surface area contributed by atoms with Crippen LogP contribution in [0.1, 0.15) is 17.3 Å². The van der Waals surface area contributed by atoms with Crippen LogP contribution in [0, 0.1) is 0 Å². The molecule has 0 atom stereocenters. The fourth-order valence-corrected chi connectivity index (χ4v) is 3.59. The summed E-state index contributed by atoms with van der Waals surface area (Å²) in [5, 5.41) is 12.3. The van der Waals surface area contributed by atoms with Gasteiger partial charge in [-0.15, -0.1) is 16.4 Å². The lowest BCUT2D eigenvalue weighted by atomic mass is 10.1. The van der Waals surface area contributed by atoms with Crippen molar-refractivity contribution in [3.8, 4) is 11.3 Å². The number of rotatable bonds is 4. The molecule has 2 aromatic carbocycles. The van der Waals surface area contributed by atoms with Gasteiger partial charge in [0.25, 0.3) is 11.9 Å². The van der Waals surface area contributed by atoms with E-state index < -0.39 is 0 Å². The fraction of sp³-hybridized carbons (Fsp3) is 0.0526. The number of fused-ring (bicyclic) bond motifs is 1. The third-order valence-electron chi connectivity index (χ3n) is 3.91. The summed E-state index contributed by atoms with van der Waals surface area (Å²) in [7, 11) is 0. The van der Waals surface area contributed by atoms with Crippen LogP contribution >= 0.6 is 22.9 Å². The molecule has 28 heavy (non-hydrogen) atoms. The molecular formula is C19H14ClN5O2S. The van der Waals surface area contributed by atoms with Gasteiger partial charge in [0.05, 0.1) is 5.69 Å². The van der Waals surface area contributed by atoms with Crippen LogP contribution in [-0.2, 0) is 4.79 Å². The van der Waals surface area contributed by atoms with Crippen molar-refractivity contribution in [1.29, 1.82) is 0 Å². The Morgan fingerprint density at radius 2 is 1.75 bits per heavy atom. The highest BCUT2D eigenvalue weighted by Crippen LogP contribution is 2.27. The lowest BCUT2D eigenvalue weighted by molar-refractivity contribution is -0.114. The highest BCUT2D eigenvalue weighted by atomic mass is 35.5. The van der Waals surface area contributed by atoms with Gasteiger partial charge < -0.3 is 5.32 Å². The van der Waals surface area contributed by atoms with Crippen LogP contribution in [0.15, 0.2) is 53.9 Å². The largest absolute Gasteiger partial charge is 0.326 e. The summed E-state index contributed by atoms with van der Waals surface area (Å²) < 4.78 is 1.68. The van der Waals surface area contributed by atoms with E-state index in [1.54, 1.807) is 28.8 Å². The minimum atomic E-state index is -0.309. The Kier molecular flexibility index (Phi) is 4.81. The van der Waals surface area contributed by atoms with E-state index in [9.17, 15) is 9.59 Å². The third-order valence-corrected chi connectivity index (χ3v) is 4.98. The van der Waals surface area contributed by atoms with Crippen molar-refractivity contribution >= 4 is 51.3 Å². The molecule has 2 aromatic heterocycles. The van der Waals surface area contributed by atoms with Gasteiger partial charge >= 0.3 is 0 Å². The zero-order chi connectivity index (χ0) is 19.7. The third kappa shape index (κ3) is 3.73. The SMILES string of the molecule is CC(=O)Nc1ccc(-c2csc3nc(NC(=O)c4ccc(Cl)cc4)nn23)cc1. The molecule has 0 spiro atoms. The monoisotopic (exact) mass is 411 g/mol. The number of benzene rings is 2. The summed E-state index contributed by atoms with van der Waals surface area (Å²) in [6.45, 7) is 1.46. The van der Waals surface area contributed by atoms with Crippen molar-refractivity contribution < 1.29 is 9.59 Å². The van der Waals surface area contributed by atoms with Gasteiger partial charge in [-0.2, -0.15) is 4.98 Å². The first-order valence-electron chi connectivity index (χ1n) is 8.29. The van der Waals surface area contributed by atoms with Crippen molar-refractivity contribution in [3.05, 3.63) is 64.5 Å². The van der Waals surface area contributed by atoms with Crippen molar-refractivity contribution in [1.82, 2.24) is 14.6 Å². The number of aromatic nitrogens is 3. The number of nitrogens with one attached hydrogen (secondary N) is 2. The topological polar surface area (TPSA) is 88.4 Å². The second kappa shape index (κ2) is 7.41. The summed E-state index contributed by atoms with van der Waals surface area (Å²) in [5.41, 5.74) is 2.95. The number of halogens is 1. The van der Waals surface area contributed by atoms with E-state index in [4.69, 9.17) is 11.6 Å². The van der Waals surface area contributed by atoms with E-state index in [0.29, 0.717) is 15.5 Å². The van der Waals surface area contributed by atoms with E-state index in [2.05, 4.69) is 20.7 Å². The zero-order valence-electron chi connectivity index (χ0n) is 14.6. The number of nitrogens with zero attached hydrogens (tertiary/aromatic N) is 3. The molecule has 0 radical (unpaired) electrons. The highest BCUT2D eigenvalue weighted by Gasteiger charge is 2.14. The van der Waals surface area contributed by atoms with Gasteiger partial charge in [-0.1, -0.05) is 23.7 Å². The molecule has 7 nitrogen and oxygen atoms in total. The van der Waals surface area contributed by atoms with Crippen LogP contribution in [0.5, 0.6) is 0 Å². The van der Waals surface area contributed by atoms with Gasteiger partial charge in [0.15, 0.2) is 0 Å². The number of carbonyl (C=O) groups is 2. The van der Waals surface area contributed by atoms with Crippen molar-refractivity contribution in [2.24, 2.45) is 0 Å². The van der Waals surface area contributed by atoms with Gasteiger partial charge in [0.2, 0.25) is 10.9 Å². The number of amides is 2. The van der Waals surface area contributed by atoms with Crippen molar-refractivity contribution in [2.45, 2.75) is 6.92 Å². The molecule has 2 N–H and O–H groups in total. The Labute approximate surface area is 169 Å². The number of anilines is 2. The summed E-state index contributed by atoms with van der Waals surface area (Å²) in [6, 6.07) is 14.0. The molecule has 0 saturated carbocycles. The summed E-state index contributed by atoms with van der Waals surface area (Å²) in [5.74, 6) is -0.206. The Morgan fingerprint density at radius 3 is 2.43 bits per heavy atom. The molecule has 140 valence electrons. The van der Waals surface area contributed by atoms with Crippen LogP contribution in [0.4, 0.5) is 11.6 Å². The molecule has 0 unspecified atom stereocenters. The van der Waals surface area contributed by atoms with Gasteiger partial charge in [-0.25, -0.2) is 4.52 Å². The normalized spacial score (nSPS) is 10.8. The van der Waals surface area contributed by atoms with E-state index in [-0.39, 0.29) is 17.8 Å². The Hall–Kier alpha value is -3.23. The van der Waals surface area contributed by atoms with Crippen LogP contribution in [0.25, 0.3) is 16.2 Å². The maximum Gasteiger partial charge on any atom is 0.258 e. The molecule has 0 saturated heterocycles. The summed E-state index contributed by atoms with van der Waals surface area (Å²) >= 11 is 7.27. The summed E-state index contributed by atoms with van der Waals surface area (Å²) in [4.78, 5) is 28.5. The van der Waals surface area contributed by atoms with Crippen LogP contribution < -0.4 is 10.6 Å². The molecule has 2 heterocycles. The minimum absolute atomic E-state index is 0.122. The molecular weight excluding hydrogens is 398 g/mol. The predicted molar refractivity (Wildman–Crippen MR) is 110 cm³/mol. The molecule has 4 rings (SSSR count). The first-order chi connectivity index (χ1) is 13.5. The molecule has 0 fully saturated rings. The summed E-state index contributed by atoms with van der Waals surface area (Å²) in [6.07, 6.45) is 0. The average Bonchev–Trinajstić information content (AvgIpc) is 3.22. The van der Waals surface area contributed by atoms with E-state index in [0.717, 1.165) is 16.9 Å². The smallest absolute Gasteiger partial charge is 0.258 e. The van der Waals surface area contributed by atoms with Gasteiger partial charge in [-0.3, -0.25) is 14.9 Å². The molecule has 0 aliphatic rings. The predicted octanol–water partition coefficient (Wildman–Crippen LogP) is 4.32. The minimum Gasteiger partial charge on any atom is -0.326 e. The number of hydrogen-bond acceptors (Lipinski definition) is 5. The molecule has 4 aromatic rings. The molecule has 0 aliphatic carbocycles. The Balaban J connectivity index is 1.57. The molecule has 0 aliphatic heterocycles. The van der Waals surface area contributed by atoms with E-state index in [1.165, 1.54) is 18.3 Å². The zero-order valence-corrected chi connectivity index (χ0v) is 16.2. The fourth-order valence-electron chi connectivity index (χ4n) is 2.64. The number of carbonyl (C=O) groups excluding carboxylic acids is 2. The van der Waals surface area contributed by atoms with Crippen LogP contribution in [-0.4, -0.2) is 26.4 Å². The molecule has 2 amide bonds. The van der Waals surface area contributed by atoms with Gasteiger partial charge in [0, 0.05) is 34.1 Å². The lowest BCUT2D eigenvalue weighted by Crippen LogP contribution is -2.13. The Morgan fingerprint density at radius 1 is 1.04 bits per heavy atom. The first-order valence-corrected chi connectivity index (χ1v) is 9.54. The quantitative estimate of drug-likeness (QED) is 0.523. The van der Waals surface area contributed by atoms with Crippen molar-refractivity contribution in [2.75, 3.05) is 10.6 Å². The van der Waals surface area contributed by atoms with Crippen LogP contribution in [0.3, 0.4) is 0 Å². The molecule has 9 heteroatoms. The average molecular weight is 412 g/mol. The van der Waals surface area contributed by atoms with Crippen LogP contribution in [0.2, 0.25) is 5.02 Å². The van der Waals surface area contributed by atoms with E-state index in [1.807, 2.05) is 29.6 Å². The first kappa shape index (κ1) is 18.1. The molecule has 0 bridgehead atoms. The van der Waals surface area contributed by atoms with E-state index >= 15 is 0 Å². The maximum absolute atomic E-state index is 12.3. The Bertz CT molecular complexity index is 1170. The standard InChI is InChI=1S/C19H14ClN5O2S/c1-11(26)21-15-8-4-12(5-9-15)16-10-28-19-23-18(24-25(16)19)22-17(27)13-2-6-14(20)7-3-13/h2-10H,1H3,(H,21,26)(H,22,24,27). The second-order valence-electron chi connectivity index (χ2n) is 5.97. The van der Waals surface area contributed by atoms with Gasteiger partial charge in [0.1, 0.15) is 0 Å². The second-order valence-corrected chi connectivity index (χ2v) is 7.24.